The zero-order chi connectivity index (χ0) is 12.2. The van der Waals surface area contributed by atoms with Gasteiger partial charge in [-0.05, 0) is 24.3 Å². The Bertz CT molecular complexity index is 403. The molecule has 1 unspecified atom stereocenters. The highest BCUT2D eigenvalue weighted by atomic mass is 35.5. The topological polar surface area (TPSA) is 0 Å². The molecule has 2 rings (SSSR count). The first-order chi connectivity index (χ1) is 7.21. The van der Waals surface area contributed by atoms with E-state index in [0.29, 0.717) is 0 Å². The van der Waals surface area contributed by atoms with E-state index < -0.39 is 4.33 Å². The van der Waals surface area contributed by atoms with E-state index in [4.69, 9.17) is 23.2 Å². The summed E-state index contributed by atoms with van der Waals surface area (Å²) in [6.07, 6.45) is 0.865. The van der Waals surface area contributed by atoms with Gasteiger partial charge in [-0.1, -0.05) is 50.6 Å². The van der Waals surface area contributed by atoms with Crippen LogP contribution in [0.1, 0.15) is 38.3 Å². The first-order valence-corrected chi connectivity index (χ1v) is 6.41. The zero-order valence-electron chi connectivity index (χ0n) is 10.3. The molecule has 0 spiro atoms. The number of rotatable bonds is 2. The van der Waals surface area contributed by atoms with Crippen LogP contribution in [0.2, 0.25) is 0 Å². The second-order valence-corrected chi connectivity index (χ2v) is 7.19. The molecule has 0 aromatic heterocycles. The van der Waals surface area contributed by atoms with Crippen LogP contribution in [0.4, 0.5) is 0 Å². The van der Waals surface area contributed by atoms with Crippen LogP contribution in [0.5, 0.6) is 0 Å². The lowest BCUT2D eigenvalue weighted by Gasteiger charge is -2.34. The Morgan fingerprint density at radius 3 is 1.94 bits per heavy atom. The molecule has 88 valence electrons. The molecular weight excluding hydrogens is 239 g/mol. The molecule has 16 heavy (non-hydrogen) atoms. The Morgan fingerprint density at radius 2 is 1.56 bits per heavy atom. The van der Waals surface area contributed by atoms with Crippen LogP contribution in [-0.4, -0.2) is 4.33 Å². The molecule has 0 N–H and O–H groups in total. The largest absolute Gasteiger partial charge is 0.125 e. The molecule has 0 nitrogen and oxygen atoms in total. The van der Waals surface area contributed by atoms with Crippen LogP contribution < -0.4 is 0 Å². The number of alkyl halides is 2. The smallest absolute Gasteiger partial charge is 0.101 e. The number of hydrogen-bond donors (Lipinski definition) is 0. The molecule has 0 saturated heterocycles. The van der Waals surface area contributed by atoms with Crippen molar-refractivity contribution >= 4 is 23.2 Å². The second kappa shape index (κ2) is 3.40. The normalized spacial score (nSPS) is 27.9. The van der Waals surface area contributed by atoms with Crippen LogP contribution in [-0.2, 0) is 5.41 Å². The van der Waals surface area contributed by atoms with Crippen LogP contribution >= 0.6 is 23.2 Å². The first-order valence-electron chi connectivity index (χ1n) is 5.66. The van der Waals surface area contributed by atoms with Crippen LogP contribution in [0, 0.1) is 12.3 Å². The maximum absolute atomic E-state index is 6.28. The Hall–Kier alpha value is -0.200. The Kier molecular flexibility index (Phi) is 2.60. The molecule has 0 radical (unpaired) electrons. The summed E-state index contributed by atoms with van der Waals surface area (Å²) in [6.45, 7) is 8.73. The number of halogens is 2. The predicted molar refractivity (Wildman–Crippen MR) is 71.4 cm³/mol. The lowest BCUT2D eigenvalue weighted by molar-refractivity contribution is 0.315. The van der Waals surface area contributed by atoms with Gasteiger partial charge < -0.3 is 0 Å². The standard InChI is InChI=1S/C14H18Cl2/c1-10-5-7-11(8-6-10)12(2,3)13(4)9-14(13,15)16/h5-8H,9H2,1-4H3. The van der Waals surface area contributed by atoms with Gasteiger partial charge in [0, 0.05) is 5.41 Å². The van der Waals surface area contributed by atoms with Crippen molar-refractivity contribution in [3.63, 3.8) is 0 Å². The molecule has 2 heteroatoms. The van der Waals surface area contributed by atoms with Gasteiger partial charge in [0.2, 0.25) is 0 Å². The van der Waals surface area contributed by atoms with Gasteiger partial charge in [0.05, 0.1) is 0 Å². The van der Waals surface area contributed by atoms with E-state index in [0.717, 1.165) is 6.42 Å². The summed E-state index contributed by atoms with van der Waals surface area (Å²) in [4.78, 5) is 0. The summed E-state index contributed by atoms with van der Waals surface area (Å²) in [6, 6.07) is 8.66. The average Bonchev–Trinajstić information content (AvgIpc) is 2.68. The van der Waals surface area contributed by atoms with Gasteiger partial charge in [-0.2, -0.15) is 0 Å². The van der Waals surface area contributed by atoms with E-state index in [1.807, 2.05) is 0 Å². The van der Waals surface area contributed by atoms with Gasteiger partial charge >= 0.3 is 0 Å². The van der Waals surface area contributed by atoms with E-state index in [9.17, 15) is 0 Å². The summed E-state index contributed by atoms with van der Waals surface area (Å²) < 4.78 is -0.568. The van der Waals surface area contributed by atoms with Crippen molar-refractivity contribution in [1.82, 2.24) is 0 Å². The van der Waals surface area contributed by atoms with E-state index in [-0.39, 0.29) is 10.8 Å². The van der Waals surface area contributed by atoms with Crippen molar-refractivity contribution in [2.45, 2.75) is 43.9 Å². The van der Waals surface area contributed by atoms with E-state index in [2.05, 4.69) is 52.0 Å². The average molecular weight is 257 g/mol. The van der Waals surface area contributed by atoms with Crippen LogP contribution in [0.25, 0.3) is 0 Å². The van der Waals surface area contributed by atoms with E-state index >= 15 is 0 Å². The molecule has 0 bridgehead atoms. The quantitative estimate of drug-likeness (QED) is 0.664. The van der Waals surface area contributed by atoms with Crippen molar-refractivity contribution in [3.05, 3.63) is 35.4 Å². The van der Waals surface area contributed by atoms with Crippen molar-refractivity contribution in [3.8, 4) is 0 Å². The van der Waals surface area contributed by atoms with Crippen molar-refractivity contribution < 1.29 is 0 Å². The van der Waals surface area contributed by atoms with Crippen LogP contribution in [0.15, 0.2) is 24.3 Å². The molecule has 1 aliphatic rings. The summed E-state index contributed by atoms with van der Waals surface area (Å²) >= 11 is 12.6. The molecule has 1 aromatic carbocycles. The maximum atomic E-state index is 6.28. The predicted octanol–water partition coefficient (Wildman–Crippen LogP) is 4.86. The molecule has 1 saturated carbocycles. The molecule has 1 aliphatic carbocycles. The monoisotopic (exact) mass is 256 g/mol. The minimum absolute atomic E-state index is 0.00417. The molecular formula is C14H18Cl2. The zero-order valence-corrected chi connectivity index (χ0v) is 11.8. The number of benzene rings is 1. The fraction of sp³-hybridized carbons (Fsp3) is 0.571. The Labute approximate surface area is 108 Å². The third kappa shape index (κ3) is 1.58. The summed E-state index contributed by atoms with van der Waals surface area (Å²) in [5.41, 5.74) is 2.56. The minimum atomic E-state index is -0.568. The van der Waals surface area contributed by atoms with Gasteiger partial charge in [0.25, 0.3) is 0 Å². The number of aryl methyl sites for hydroxylation is 1. The lowest BCUT2D eigenvalue weighted by Crippen LogP contribution is -2.32. The Balaban J connectivity index is 2.37. The van der Waals surface area contributed by atoms with Crippen LogP contribution in [0.3, 0.4) is 0 Å². The summed E-state index contributed by atoms with van der Waals surface area (Å²) in [5.74, 6) is 0. The van der Waals surface area contributed by atoms with E-state index in [1.165, 1.54) is 11.1 Å². The molecule has 1 aromatic rings. The fourth-order valence-electron chi connectivity index (χ4n) is 2.37. The summed E-state index contributed by atoms with van der Waals surface area (Å²) in [5, 5.41) is 0. The van der Waals surface area contributed by atoms with E-state index in [1.54, 1.807) is 0 Å². The minimum Gasteiger partial charge on any atom is -0.101 e. The van der Waals surface area contributed by atoms with Gasteiger partial charge in [-0.15, -0.1) is 23.2 Å². The van der Waals surface area contributed by atoms with Gasteiger partial charge in [0.15, 0.2) is 0 Å². The lowest BCUT2D eigenvalue weighted by atomic mass is 9.71. The Morgan fingerprint density at radius 1 is 1.12 bits per heavy atom. The highest BCUT2D eigenvalue weighted by Gasteiger charge is 2.69. The highest BCUT2D eigenvalue weighted by Crippen LogP contribution is 2.71. The molecule has 1 fully saturated rings. The second-order valence-electron chi connectivity index (χ2n) is 5.70. The van der Waals surface area contributed by atoms with Crippen molar-refractivity contribution in [2.24, 2.45) is 5.41 Å². The molecule has 0 amide bonds. The summed E-state index contributed by atoms with van der Waals surface area (Å²) in [7, 11) is 0. The molecule has 0 heterocycles. The van der Waals surface area contributed by atoms with Crippen molar-refractivity contribution in [1.29, 1.82) is 0 Å². The first kappa shape index (κ1) is 12.3. The fourth-order valence-corrected chi connectivity index (χ4v) is 3.37. The number of hydrogen-bond acceptors (Lipinski definition) is 0. The molecule has 0 aliphatic heterocycles. The maximum Gasteiger partial charge on any atom is 0.125 e. The van der Waals surface area contributed by atoms with Gasteiger partial charge in [0.1, 0.15) is 4.33 Å². The third-order valence-corrected chi connectivity index (χ3v) is 5.51. The highest BCUT2D eigenvalue weighted by molar-refractivity contribution is 6.51. The van der Waals surface area contributed by atoms with Gasteiger partial charge in [-0.3, -0.25) is 0 Å². The SMILES string of the molecule is Cc1ccc(C(C)(C)C2(C)CC2(Cl)Cl)cc1. The van der Waals surface area contributed by atoms with Crippen molar-refractivity contribution in [2.75, 3.05) is 0 Å². The van der Waals surface area contributed by atoms with Gasteiger partial charge in [-0.25, -0.2) is 0 Å². The molecule has 1 atom stereocenters. The third-order valence-electron chi connectivity index (χ3n) is 4.41.